The first-order valence-corrected chi connectivity index (χ1v) is 12.7. The van der Waals surface area contributed by atoms with Gasteiger partial charge in [-0.15, -0.1) is 0 Å². The molecule has 0 unspecified atom stereocenters. The van der Waals surface area contributed by atoms with Crippen molar-refractivity contribution >= 4 is 17.3 Å². The molecule has 0 aromatic heterocycles. The largest absolute Gasteiger partial charge is 0.504 e. The Morgan fingerprint density at radius 3 is 2.34 bits per heavy atom. The zero-order valence-corrected chi connectivity index (χ0v) is 20.7. The first-order chi connectivity index (χ1) is 16.9. The second kappa shape index (κ2) is 8.16. The molecule has 5 nitrogen and oxygen atoms in total. The van der Waals surface area contributed by atoms with Crippen molar-refractivity contribution in [2.45, 2.75) is 50.8 Å². The zero-order chi connectivity index (χ0) is 24.3. The third kappa shape index (κ3) is 3.46. The number of fused-ring (bicyclic) bond motifs is 1. The van der Waals surface area contributed by atoms with E-state index in [1.807, 2.05) is 6.07 Å². The predicted octanol–water partition coefficient (Wildman–Crippen LogP) is 5.57. The number of hydrogen-bond donors (Lipinski definition) is 4. The SMILES string of the molecule is Cc1cccc([C@H]2c3ccc(O)c(O)c3O[C@]34NC(=S)N[C@@H](c5cccc(C)c5)[C@H]3CCC[C@@H]24)c1. The number of nitrogens with one attached hydrogen (secondary N) is 2. The fraction of sp³-hybridized carbons (Fsp3) is 0.345. The van der Waals surface area contributed by atoms with E-state index >= 15 is 0 Å². The molecule has 3 aromatic rings. The van der Waals surface area contributed by atoms with Crippen LogP contribution in [0.2, 0.25) is 0 Å². The smallest absolute Gasteiger partial charge is 0.200 e. The first kappa shape index (κ1) is 22.2. The molecule has 2 heterocycles. The van der Waals surface area contributed by atoms with Gasteiger partial charge in [-0.25, -0.2) is 0 Å². The van der Waals surface area contributed by atoms with E-state index in [-0.39, 0.29) is 35.3 Å². The monoisotopic (exact) mass is 486 g/mol. The molecular weight excluding hydrogens is 456 g/mol. The molecule has 6 rings (SSSR count). The third-order valence-electron chi connectivity index (χ3n) is 8.08. The maximum atomic E-state index is 11.0. The molecule has 3 aliphatic rings. The van der Waals surface area contributed by atoms with Crippen molar-refractivity contribution in [2.24, 2.45) is 11.8 Å². The second-order valence-electron chi connectivity index (χ2n) is 10.3. The number of aryl methyl sites for hydroxylation is 2. The molecule has 0 amide bonds. The maximum Gasteiger partial charge on any atom is 0.200 e. The first-order valence-electron chi connectivity index (χ1n) is 12.3. The van der Waals surface area contributed by atoms with Gasteiger partial charge in [-0.2, -0.15) is 0 Å². The summed E-state index contributed by atoms with van der Waals surface area (Å²) in [7, 11) is 0. The van der Waals surface area contributed by atoms with Gasteiger partial charge < -0.3 is 25.6 Å². The Morgan fingerprint density at radius 2 is 1.60 bits per heavy atom. The van der Waals surface area contributed by atoms with E-state index in [0.29, 0.717) is 10.9 Å². The molecule has 1 saturated carbocycles. The average Bonchev–Trinajstić information content (AvgIpc) is 2.83. The van der Waals surface area contributed by atoms with Gasteiger partial charge >= 0.3 is 0 Å². The highest BCUT2D eigenvalue weighted by Gasteiger charge is 2.61. The minimum absolute atomic E-state index is 0.0143. The summed E-state index contributed by atoms with van der Waals surface area (Å²) in [5.41, 5.74) is 4.84. The van der Waals surface area contributed by atoms with E-state index in [2.05, 4.69) is 73.0 Å². The van der Waals surface area contributed by atoms with Gasteiger partial charge in [-0.1, -0.05) is 72.1 Å². The summed E-state index contributed by atoms with van der Waals surface area (Å²) in [4.78, 5) is 0. The number of hydrogen-bond acceptors (Lipinski definition) is 4. The van der Waals surface area contributed by atoms with Crippen LogP contribution in [0.25, 0.3) is 0 Å². The van der Waals surface area contributed by atoms with E-state index in [9.17, 15) is 10.2 Å². The quantitative estimate of drug-likeness (QED) is 0.280. The Bertz CT molecular complexity index is 1330. The lowest BCUT2D eigenvalue weighted by Gasteiger charge is -2.59. The minimum Gasteiger partial charge on any atom is -0.504 e. The summed E-state index contributed by atoms with van der Waals surface area (Å²) in [6.45, 7) is 4.20. The molecule has 1 saturated heterocycles. The van der Waals surface area contributed by atoms with Gasteiger partial charge in [0, 0.05) is 23.3 Å². The van der Waals surface area contributed by atoms with Gasteiger partial charge in [-0.05, 0) is 56.1 Å². The number of thiocarbonyl (C=S) groups is 1. The van der Waals surface area contributed by atoms with Crippen LogP contribution in [0.1, 0.15) is 59.0 Å². The highest BCUT2D eigenvalue weighted by atomic mass is 32.1. The summed E-state index contributed by atoms with van der Waals surface area (Å²) in [5, 5.41) is 29.0. The van der Waals surface area contributed by atoms with E-state index in [1.54, 1.807) is 6.07 Å². The molecule has 5 atom stereocenters. The lowest BCUT2D eigenvalue weighted by molar-refractivity contribution is -0.122. The molecule has 180 valence electrons. The van der Waals surface area contributed by atoms with Crippen LogP contribution in [-0.4, -0.2) is 21.1 Å². The average molecular weight is 487 g/mol. The summed E-state index contributed by atoms with van der Waals surface area (Å²) in [6, 6.07) is 20.5. The van der Waals surface area contributed by atoms with Gasteiger partial charge in [0.05, 0.1) is 6.04 Å². The molecule has 35 heavy (non-hydrogen) atoms. The highest BCUT2D eigenvalue weighted by molar-refractivity contribution is 7.80. The Kier molecular flexibility index (Phi) is 5.18. The molecule has 2 fully saturated rings. The maximum absolute atomic E-state index is 11.0. The zero-order valence-electron chi connectivity index (χ0n) is 19.9. The van der Waals surface area contributed by atoms with Crippen LogP contribution < -0.4 is 15.4 Å². The van der Waals surface area contributed by atoms with Crippen LogP contribution in [0.3, 0.4) is 0 Å². The van der Waals surface area contributed by atoms with Crippen LogP contribution >= 0.6 is 12.2 Å². The highest BCUT2D eigenvalue weighted by Crippen LogP contribution is 2.60. The van der Waals surface area contributed by atoms with Crippen molar-refractivity contribution in [2.75, 3.05) is 0 Å². The topological polar surface area (TPSA) is 73.8 Å². The van der Waals surface area contributed by atoms with Gasteiger partial charge in [0.25, 0.3) is 0 Å². The van der Waals surface area contributed by atoms with Crippen LogP contribution in [0.15, 0.2) is 60.7 Å². The molecule has 0 radical (unpaired) electrons. The Morgan fingerprint density at radius 1 is 0.914 bits per heavy atom. The molecule has 0 bridgehead atoms. The lowest BCUT2D eigenvalue weighted by atomic mass is 9.60. The van der Waals surface area contributed by atoms with E-state index in [0.717, 1.165) is 24.8 Å². The van der Waals surface area contributed by atoms with Crippen LogP contribution in [0.5, 0.6) is 17.2 Å². The Hall–Kier alpha value is -3.25. The van der Waals surface area contributed by atoms with Gasteiger partial charge in [0.1, 0.15) is 0 Å². The van der Waals surface area contributed by atoms with Crippen molar-refractivity contribution in [3.05, 3.63) is 88.5 Å². The number of ether oxygens (including phenoxy) is 1. The van der Waals surface area contributed by atoms with Gasteiger partial charge in [-0.3, -0.25) is 0 Å². The number of rotatable bonds is 2. The van der Waals surface area contributed by atoms with Crippen molar-refractivity contribution < 1.29 is 14.9 Å². The van der Waals surface area contributed by atoms with Crippen molar-refractivity contribution in [3.63, 3.8) is 0 Å². The number of phenolic OH excluding ortho intramolecular Hbond substituents is 2. The van der Waals surface area contributed by atoms with Crippen molar-refractivity contribution in [1.82, 2.24) is 10.6 Å². The fourth-order valence-electron chi connectivity index (χ4n) is 6.68. The van der Waals surface area contributed by atoms with Gasteiger partial charge in [0.15, 0.2) is 22.3 Å². The molecule has 3 aromatic carbocycles. The second-order valence-corrected chi connectivity index (χ2v) is 10.7. The predicted molar refractivity (Wildman–Crippen MR) is 140 cm³/mol. The van der Waals surface area contributed by atoms with E-state index in [1.165, 1.54) is 22.3 Å². The van der Waals surface area contributed by atoms with Gasteiger partial charge in [0.2, 0.25) is 5.75 Å². The molecule has 2 aliphatic heterocycles. The summed E-state index contributed by atoms with van der Waals surface area (Å²) in [6.07, 6.45) is 2.99. The Balaban J connectivity index is 1.57. The van der Waals surface area contributed by atoms with Crippen molar-refractivity contribution in [3.8, 4) is 17.2 Å². The summed E-state index contributed by atoms with van der Waals surface area (Å²) < 4.78 is 6.82. The minimum atomic E-state index is -0.818. The fourth-order valence-corrected chi connectivity index (χ4v) is 6.96. The Labute approximate surface area is 211 Å². The molecular formula is C29H30N2O3S. The molecule has 1 aliphatic carbocycles. The molecule has 6 heteroatoms. The number of aromatic hydroxyl groups is 2. The molecule has 4 N–H and O–H groups in total. The van der Waals surface area contributed by atoms with E-state index in [4.69, 9.17) is 17.0 Å². The lowest BCUT2D eigenvalue weighted by Crippen LogP contribution is -2.73. The normalized spacial score (nSPS) is 29.0. The standard InChI is InChI=1S/C29H30N2O3S/c1-16-6-3-8-18(14-16)24-20-12-13-23(32)26(33)27(20)34-29-21(24)10-5-11-22(29)25(30-28(35)31-29)19-9-4-7-17(2)15-19/h3-4,6-9,12-15,21-22,24-25,32-33H,5,10-11H2,1-2H3,(H2,30,31,35)/t21-,22+,24-,25-,29-/m0/s1. The van der Waals surface area contributed by atoms with E-state index < -0.39 is 5.72 Å². The number of benzene rings is 3. The van der Waals surface area contributed by atoms with Crippen LogP contribution in [0, 0.1) is 25.7 Å². The summed E-state index contributed by atoms with van der Waals surface area (Å²) in [5.74, 6) is 0.0968. The van der Waals surface area contributed by atoms with Crippen LogP contribution in [-0.2, 0) is 0 Å². The van der Waals surface area contributed by atoms with Crippen LogP contribution in [0.4, 0.5) is 0 Å². The molecule has 1 spiro atoms. The number of phenols is 2. The third-order valence-corrected chi connectivity index (χ3v) is 8.30. The summed E-state index contributed by atoms with van der Waals surface area (Å²) >= 11 is 5.77. The van der Waals surface area contributed by atoms with Crippen molar-refractivity contribution in [1.29, 1.82) is 0 Å².